The van der Waals surface area contributed by atoms with E-state index in [0.717, 1.165) is 31.3 Å². The number of rotatable bonds is 3. The lowest BCUT2D eigenvalue weighted by Crippen LogP contribution is -2.21. The normalized spacial score (nSPS) is 15.5. The number of aryl methyl sites for hydroxylation is 2. The van der Waals surface area contributed by atoms with Gasteiger partial charge in [-0.15, -0.1) is 11.3 Å². The number of benzene rings is 1. The summed E-state index contributed by atoms with van der Waals surface area (Å²) in [4.78, 5) is 0.976. The highest BCUT2D eigenvalue weighted by molar-refractivity contribution is 9.11. The van der Waals surface area contributed by atoms with E-state index in [0.29, 0.717) is 17.1 Å². The van der Waals surface area contributed by atoms with E-state index in [1.54, 1.807) is 20.7 Å². The minimum absolute atomic E-state index is 0.0920. The highest BCUT2D eigenvalue weighted by atomic mass is 79.9. The lowest BCUT2D eigenvalue weighted by Gasteiger charge is -2.24. The third-order valence-corrected chi connectivity index (χ3v) is 6.86. The average molecular weight is 493 g/mol. The lowest BCUT2D eigenvalue weighted by molar-refractivity contribution is 0.367. The molecule has 0 saturated heterocycles. The van der Waals surface area contributed by atoms with Crippen molar-refractivity contribution in [2.75, 3.05) is 0 Å². The molecular formula is C22H17BrN6OS. The van der Waals surface area contributed by atoms with Crippen LogP contribution in [0.3, 0.4) is 0 Å². The van der Waals surface area contributed by atoms with E-state index in [9.17, 15) is 5.26 Å². The fraction of sp³-hybridized carbons (Fsp3) is 0.136. The second kappa shape index (κ2) is 7.41. The van der Waals surface area contributed by atoms with Gasteiger partial charge in [-0.1, -0.05) is 18.2 Å². The van der Waals surface area contributed by atoms with Gasteiger partial charge >= 0.3 is 0 Å². The Bertz CT molecular complexity index is 1370. The Labute approximate surface area is 191 Å². The number of aromatic nitrogens is 4. The minimum Gasteiger partial charge on any atom is -0.422 e. The molecule has 0 spiro atoms. The molecule has 7 nitrogen and oxygen atoms in total. The van der Waals surface area contributed by atoms with E-state index >= 15 is 0 Å². The number of para-hydroxylation sites is 1. The molecule has 2 N–H and O–H groups in total. The van der Waals surface area contributed by atoms with Gasteiger partial charge in [0.05, 0.1) is 32.3 Å². The van der Waals surface area contributed by atoms with Gasteiger partial charge in [-0.3, -0.25) is 4.68 Å². The van der Waals surface area contributed by atoms with Crippen LogP contribution in [-0.2, 0) is 7.05 Å². The second-order valence-corrected chi connectivity index (χ2v) is 9.67. The van der Waals surface area contributed by atoms with Gasteiger partial charge in [-0.25, -0.2) is 0 Å². The van der Waals surface area contributed by atoms with Crippen molar-refractivity contribution in [3.05, 3.63) is 79.9 Å². The molecule has 1 aliphatic rings. The SMILES string of the molecule is Cc1cc(-c2nn(-c3ccccc3)c3c2[C@@H](c2ccc(Br)s2)C(C#N)=C(N)O3)n(C)n1. The topological polar surface area (TPSA) is 94.7 Å². The molecule has 0 radical (unpaired) electrons. The number of ether oxygens (including phenoxy) is 1. The van der Waals surface area contributed by atoms with Crippen LogP contribution in [0.4, 0.5) is 0 Å². The van der Waals surface area contributed by atoms with Crippen LogP contribution in [-0.4, -0.2) is 19.6 Å². The number of fused-ring (bicyclic) bond motifs is 1. The van der Waals surface area contributed by atoms with Crippen molar-refractivity contribution in [2.45, 2.75) is 12.8 Å². The second-order valence-electron chi connectivity index (χ2n) is 7.18. The number of nitrogens with two attached hydrogens (primary N) is 1. The highest BCUT2D eigenvalue weighted by Gasteiger charge is 2.39. The number of nitriles is 1. The summed E-state index contributed by atoms with van der Waals surface area (Å²) < 4.78 is 10.5. The number of allylic oxidation sites excluding steroid dienone is 1. The zero-order chi connectivity index (χ0) is 21.7. The van der Waals surface area contributed by atoms with Crippen molar-refractivity contribution in [1.82, 2.24) is 19.6 Å². The Kier molecular flexibility index (Phi) is 4.68. The van der Waals surface area contributed by atoms with Crippen LogP contribution in [0.2, 0.25) is 0 Å². The third-order valence-electron chi connectivity index (χ3n) is 5.17. The molecule has 0 amide bonds. The summed E-state index contributed by atoms with van der Waals surface area (Å²) in [5.74, 6) is 0.202. The minimum atomic E-state index is -0.396. The molecule has 3 aromatic heterocycles. The molecule has 5 rings (SSSR count). The van der Waals surface area contributed by atoms with Gasteiger partial charge in [0.25, 0.3) is 0 Å². The van der Waals surface area contributed by atoms with Gasteiger partial charge in [0.1, 0.15) is 17.3 Å². The fourth-order valence-electron chi connectivity index (χ4n) is 3.87. The maximum absolute atomic E-state index is 9.95. The van der Waals surface area contributed by atoms with E-state index in [1.807, 2.05) is 62.5 Å². The molecule has 1 aliphatic heterocycles. The van der Waals surface area contributed by atoms with Crippen LogP contribution in [0.1, 0.15) is 22.1 Å². The molecule has 1 aromatic carbocycles. The maximum atomic E-state index is 9.95. The summed E-state index contributed by atoms with van der Waals surface area (Å²) in [5, 5.41) is 19.4. The molecule has 0 fully saturated rings. The van der Waals surface area contributed by atoms with Crippen LogP contribution in [0.25, 0.3) is 17.1 Å². The number of hydrogen-bond donors (Lipinski definition) is 1. The molecule has 31 heavy (non-hydrogen) atoms. The molecule has 1 atom stereocenters. The van der Waals surface area contributed by atoms with Gasteiger partial charge < -0.3 is 10.5 Å². The van der Waals surface area contributed by atoms with Crippen molar-refractivity contribution in [1.29, 1.82) is 5.26 Å². The molecule has 154 valence electrons. The number of hydrogen-bond acceptors (Lipinski definition) is 6. The summed E-state index contributed by atoms with van der Waals surface area (Å²) in [5.41, 5.74) is 10.7. The first-order valence-electron chi connectivity index (χ1n) is 9.50. The van der Waals surface area contributed by atoms with E-state index in [4.69, 9.17) is 15.6 Å². The van der Waals surface area contributed by atoms with Gasteiger partial charge in [0.2, 0.25) is 11.8 Å². The first-order valence-corrected chi connectivity index (χ1v) is 11.1. The van der Waals surface area contributed by atoms with E-state index in [-0.39, 0.29) is 5.88 Å². The predicted molar refractivity (Wildman–Crippen MR) is 122 cm³/mol. The van der Waals surface area contributed by atoms with E-state index in [2.05, 4.69) is 27.1 Å². The number of thiophene rings is 1. The molecule has 0 bridgehead atoms. The Morgan fingerprint density at radius 3 is 2.58 bits per heavy atom. The fourth-order valence-corrected chi connectivity index (χ4v) is 5.42. The Hall–Kier alpha value is -3.35. The summed E-state index contributed by atoms with van der Waals surface area (Å²) in [6.45, 7) is 1.94. The standard InChI is InChI=1S/C22H17BrN6OS/c1-12-10-15(28(2)26-12)20-19-18(16-8-9-17(23)31-16)14(11-24)21(25)30-22(19)29(27-20)13-6-4-3-5-7-13/h3-10,18H,25H2,1-2H3/t18-/m1/s1. The van der Waals surface area contributed by atoms with Gasteiger partial charge in [0.15, 0.2) is 0 Å². The smallest absolute Gasteiger partial charge is 0.229 e. The van der Waals surface area contributed by atoms with Gasteiger partial charge in [-0.2, -0.15) is 20.1 Å². The summed E-state index contributed by atoms with van der Waals surface area (Å²) >= 11 is 5.10. The molecule has 0 aliphatic carbocycles. The Morgan fingerprint density at radius 2 is 1.97 bits per heavy atom. The van der Waals surface area contributed by atoms with Gasteiger partial charge in [-0.05, 0) is 53.2 Å². The van der Waals surface area contributed by atoms with E-state index in [1.165, 1.54) is 0 Å². The first kappa shape index (κ1) is 19.6. The lowest BCUT2D eigenvalue weighted by atomic mass is 9.88. The third kappa shape index (κ3) is 3.15. The predicted octanol–water partition coefficient (Wildman–Crippen LogP) is 4.62. The van der Waals surface area contributed by atoms with Gasteiger partial charge in [0, 0.05) is 11.9 Å². The molecule has 0 unspecified atom stereocenters. The largest absolute Gasteiger partial charge is 0.422 e. The van der Waals surface area contributed by atoms with Crippen molar-refractivity contribution in [3.63, 3.8) is 0 Å². The zero-order valence-corrected chi connectivity index (χ0v) is 19.1. The number of nitrogens with zero attached hydrogens (tertiary/aromatic N) is 5. The quantitative estimate of drug-likeness (QED) is 0.449. The molecule has 4 heterocycles. The van der Waals surface area contributed by atoms with Crippen molar-refractivity contribution in [3.8, 4) is 29.0 Å². The maximum Gasteiger partial charge on any atom is 0.229 e. The molecule has 4 aromatic rings. The van der Waals surface area contributed by atoms with Crippen molar-refractivity contribution >= 4 is 27.3 Å². The first-order chi connectivity index (χ1) is 15.0. The summed E-state index contributed by atoms with van der Waals surface area (Å²) in [6, 6.07) is 17.9. The Balaban J connectivity index is 1.85. The summed E-state index contributed by atoms with van der Waals surface area (Å²) in [6.07, 6.45) is 0. The molecule has 9 heteroatoms. The monoisotopic (exact) mass is 492 g/mol. The van der Waals surface area contributed by atoms with Crippen molar-refractivity contribution in [2.24, 2.45) is 12.8 Å². The van der Waals surface area contributed by atoms with Crippen LogP contribution in [0.15, 0.2) is 63.8 Å². The Morgan fingerprint density at radius 1 is 1.19 bits per heavy atom. The van der Waals surface area contributed by atoms with Crippen LogP contribution in [0, 0.1) is 18.3 Å². The molecule has 0 saturated carbocycles. The summed E-state index contributed by atoms with van der Waals surface area (Å²) in [7, 11) is 1.88. The van der Waals surface area contributed by atoms with E-state index < -0.39 is 5.92 Å². The zero-order valence-electron chi connectivity index (χ0n) is 16.7. The number of halogens is 1. The van der Waals surface area contributed by atoms with Crippen LogP contribution < -0.4 is 10.5 Å². The molecular weight excluding hydrogens is 476 g/mol. The van der Waals surface area contributed by atoms with Crippen LogP contribution >= 0.6 is 27.3 Å². The van der Waals surface area contributed by atoms with Crippen LogP contribution in [0.5, 0.6) is 5.88 Å². The van der Waals surface area contributed by atoms with Crippen molar-refractivity contribution < 1.29 is 4.74 Å². The average Bonchev–Trinajstić information content (AvgIpc) is 3.44. The highest BCUT2D eigenvalue weighted by Crippen LogP contribution is 2.49.